The highest BCUT2D eigenvalue weighted by molar-refractivity contribution is 5.17. The fraction of sp³-hybridized carbons (Fsp3) is 0.400. The Morgan fingerprint density at radius 1 is 1.50 bits per heavy atom. The van der Waals surface area contributed by atoms with E-state index in [1.807, 2.05) is 13.0 Å². The van der Waals surface area contributed by atoms with Gasteiger partial charge in [-0.3, -0.25) is 0 Å². The molecule has 1 nitrogen and oxygen atoms in total. The Bertz CT molecular complexity index is 247. The molecule has 0 saturated carbocycles. The first-order valence-corrected chi connectivity index (χ1v) is 4.22. The van der Waals surface area contributed by atoms with Crippen LogP contribution in [0.25, 0.3) is 0 Å². The third-order valence-corrected chi connectivity index (χ3v) is 1.91. The molecule has 0 bridgehead atoms. The minimum atomic E-state index is -0.184. The number of benzene rings is 1. The van der Waals surface area contributed by atoms with Gasteiger partial charge in [0.2, 0.25) is 0 Å². The van der Waals surface area contributed by atoms with Crippen LogP contribution in [0.5, 0.6) is 0 Å². The first kappa shape index (κ1) is 9.20. The van der Waals surface area contributed by atoms with E-state index < -0.39 is 0 Å². The van der Waals surface area contributed by atoms with Crippen molar-refractivity contribution in [2.24, 2.45) is 5.73 Å². The Morgan fingerprint density at radius 2 is 2.25 bits per heavy atom. The summed E-state index contributed by atoms with van der Waals surface area (Å²) in [4.78, 5) is 0. The molecule has 12 heavy (non-hydrogen) atoms. The van der Waals surface area contributed by atoms with E-state index in [0.29, 0.717) is 0 Å². The molecule has 1 rings (SSSR count). The fourth-order valence-electron chi connectivity index (χ4n) is 1.11. The molecule has 0 fully saturated rings. The predicted octanol–water partition coefficient (Wildman–Crippen LogP) is 2.11. The summed E-state index contributed by atoms with van der Waals surface area (Å²) in [5.74, 6) is -0.184. The van der Waals surface area contributed by atoms with Crippen LogP contribution >= 0.6 is 0 Å². The quantitative estimate of drug-likeness (QED) is 0.733. The maximum atomic E-state index is 12.7. The minimum absolute atomic E-state index is 0.145. The maximum Gasteiger partial charge on any atom is 0.123 e. The van der Waals surface area contributed by atoms with Gasteiger partial charge in [-0.25, -0.2) is 4.39 Å². The normalized spacial score (nSPS) is 12.9. The third kappa shape index (κ3) is 2.62. The van der Waals surface area contributed by atoms with Crippen molar-refractivity contribution in [3.63, 3.8) is 0 Å². The van der Waals surface area contributed by atoms with Gasteiger partial charge in [0.25, 0.3) is 0 Å². The number of hydrogen-bond donors (Lipinski definition) is 1. The summed E-state index contributed by atoms with van der Waals surface area (Å²) in [6, 6.07) is 6.74. The summed E-state index contributed by atoms with van der Waals surface area (Å²) in [5.41, 5.74) is 6.71. The van der Waals surface area contributed by atoms with Crippen LogP contribution in [0.1, 0.15) is 18.9 Å². The predicted molar refractivity (Wildman–Crippen MR) is 48.4 cm³/mol. The highest BCUT2D eigenvalue weighted by Crippen LogP contribution is 2.06. The molecule has 0 unspecified atom stereocenters. The zero-order valence-corrected chi connectivity index (χ0v) is 7.26. The Kier molecular flexibility index (Phi) is 3.23. The van der Waals surface area contributed by atoms with Gasteiger partial charge in [-0.1, -0.05) is 19.1 Å². The second-order valence-electron chi connectivity index (χ2n) is 3.00. The standard InChI is InChI=1S/C10H14FN/c1-2-10(12)7-8-4-3-5-9(11)6-8/h3-6,10H,2,7,12H2,1H3/t10-/m1/s1. The summed E-state index contributed by atoms with van der Waals surface area (Å²) >= 11 is 0. The van der Waals surface area contributed by atoms with E-state index in [1.54, 1.807) is 6.07 Å². The van der Waals surface area contributed by atoms with Crippen LogP contribution in [0, 0.1) is 5.82 Å². The maximum absolute atomic E-state index is 12.7. The zero-order valence-electron chi connectivity index (χ0n) is 7.26. The SMILES string of the molecule is CC[C@@H](N)Cc1cccc(F)c1. The number of halogens is 1. The van der Waals surface area contributed by atoms with Gasteiger partial charge in [-0.15, -0.1) is 0 Å². The van der Waals surface area contributed by atoms with Crippen LogP contribution in [0.3, 0.4) is 0 Å². The van der Waals surface area contributed by atoms with Gasteiger partial charge in [0.1, 0.15) is 5.82 Å². The number of hydrogen-bond acceptors (Lipinski definition) is 1. The van der Waals surface area contributed by atoms with Crippen molar-refractivity contribution in [2.75, 3.05) is 0 Å². The highest BCUT2D eigenvalue weighted by Gasteiger charge is 2.01. The molecule has 1 atom stereocenters. The fourth-order valence-corrected chi connectivity index (χ4v) is 1.11. The van der Waals surface area contributed by atoms with Crippen molar-refractivity contribution in [3.05, 3.63) is 35.6 Å². The number of nitrogens with two attached hydrogens (primary N) is 1. The summed E-state index contributed by atoms with van der Waals surface area (Å²) in [6.45, 7) is 2.03. The Morgan fingerprint density at radius 3 is 2.83 bits per heavy atom. The molecule has 0 saturated heterocycles. The van der Waals surface area contributed by atoms with Crippen LogP contribution in [0.4, 0.5) is 4.39 Å². The van der Waals surface area contributed by atoms with Crippen molar-refractivity contribution in [1.82, 2.24) is 0 Å². The molecule has 1 aromatic rings. The lowest BCUT2D eigenvalue weighted by atomic mass is 10.1. The van der Waals surface area contributed by atoms with Crippen LogP contribution in [0.15, 0.2) is 24.3 Å². The van der Waals surface area contributed by atoms with Gasteiger partial charge in [-0.05, 0) is 30.5 Å². The van der Waals surface area contributed by atoms with Gasteiger partial charge in [-0.2, -0.15) is 0 Å². The van der Waals surface area contributed by atoms with Crippen LogP contribution in [-0.2, 0) is 6.42 Å². The summed E-state index contributed by atoms with van der Waals surface area (Å²) in [7, 11) is 0. The average molecular weight is 167 g/mol. The third-order valence-electron chi connectivity index (χ3n) is 1.91. The lowest BCUT2D eigenvalue weighted by Crippen LogP contribution is -2.21. The zero-order chi connectivity index (χ0) is 8.97. The molecule has 66 valence electrons. The largest absolute Gasteiger partial charge is 0.327 e. The van der Waals surface area contributed by atoms with Crippen LogP contribution < -0.4 is 5.73 Å². The molecule has 0 aliphatic rings. The van der Waals surface area contributed by atoms with Gasteiger partial charge < -0.3 is 5.73 Å². The lowest BCUT2D eigenvalue weighted by Gasteiger charge is -2.07. The highest BCUT2D eigenvalue weighted by atomic mass is 19.1. The van der Waals surface area contributed by atoms with Crippen LogP contribution in [0.2, 0.25) is 0 Å². The van der Waals surface area contributed by atoms with Crippen molar-refractivity contribution in [3.8, 4) is 0 Å². The topological polar surface area (TPSA) is 26.0 Å². The molecular formula is C10H14FN. The molecule has 0 aliphatic heterocycles. The smallest absolute Gasteiger partial charge is 0.123 e. The van der Waals surface area contributed by atoms with E-state index in [-0.39, 0.29) is 11.9 Å². The molecule has 2 heteroatoms. The lowest BCUT2D eigenvalue weighted by molar-refractivity contribution is 0.614. The Hall–Kier alpha value is -0.890. The molecule has 0 aliphatic carbocycles. The molecule has 0 heterocycles. The summed E-state index contributed by atoms with van der Waals surface area (Å²) in [6.07, 6.45) is 1.69. The van der Waals surface area contributed by atoms with E-state index in [9.17, 15) is 4.39 Å². The Balaban J connectivity index is 2.63. The molecule has 0 radical (unpaired) electrons. The Labute approximate surface area is 72.4 Å². The van der Waals surface area contributed by atoms with Crippen molar-refractivity contribution in [2.45, 2.75) is 25.8 Å². The molecular weight excluding hydrogens is 153 g/mol. The van der Waals surface area contributed by atoms with Gasteiger partial charge in [0.15, 0.2) is 0 Å². The van der Waals surface area contributed by atoms with Gasteiger partial charge in [0, 0.05) is 6.04 Å². The van der Waals surface area contributed by atoms with E-state index in [1.165, 1.54) is 12.1 Å². The molecule has 0 spiro atoms. The second-order valence-corrected chi connectivity index (χ2v) is 3.00. The van der Waals surface area contributed by atoms with E-state index in [0.717, 1.165) is 18.4 Å². The molecule has 0 aromatic heterocycles. The van der Waals surface area contributed by atoms with Crippen molar-refractivity contribution in [1.29, 1.82) is 0 Å². The molecule has 2 N–H and O–H groups in total. The summed E-state index contributed by atoms with van der Waals surface area (Å²) < 4.78 is 12.7. The molecule has 0 amide bonds. The minimum Gasteiger partial charge on any atom is -0.327 e. The molecule has 1 aromatic carbocycles. The van der Waals surface area contributed by atoms with Gasteiger partial charge >= 0.3 is 0 Å². The van der Waals surface area contributed by atoms with Gasteiger partial charge in [0.05, 0.1) is 0 Å². The second kappa shape index (κ2) is 4.21. The average Bonchev–Trinajstić information content (AvgIpc) is 2.04. The monoisotopic (exact) mass is 167 g/mol. The van der Waals surface area contributed by atoms with E-state index in [2.05, 4.69) is 0 Å². The van der Waals surface area contributed by atoms with Crippen LogP contribution in [-0.4, -0.2) is 6.04 Å². The first-order valence-electron chi connectivity index (χ1n) is 4.22. The number of rotatable bonds is 3. The van der Waals surface area contributed by atoms with E-state index >= 15 is 0 Å². The van der Waals surface area contributed by atoms with Crippen molar-refractivity contribution < 1.29 is 4.39 Å². The van der Waals surface area contributed by atoms with E-state index in [4.69, 9.17) is 5.73 Å². The first-order chi connectivity index (χ1) is 5.72. The summed E-state index contributed by atoms with van der Waals surface area (Å²) in [5, 5.41) is 0. The van der Waals surface area contributed by atoms with Crippen molar-refractivity contribution >= 4 is 0 Å².